The van der Waals surface area contributed by atoms with Crippen molar-refractivity contribution >= 4 is 24.2 Å². The van der Waals surface area contributed by atoms with Crippen LogP contribution in [0.15, 0.2) is 18.2 Å². The molecule has 88 valence electrons. The molecule has 2 rings (SSSR count). The monoisotopic (exact) mass is 260 g/mol. The highest BCUT2D eigenvalue weighted by molar-refractivity contribution is 7.81. The van der Waals surface area contributed by atoms with Gasteiger partial charge in [-0.25, -0.2) is 4.39 Å². The summed E-state index contributed by atoms with van der Waals surface area (Å²) in [5.41, 5.74) is 0.582. The lowest BCUT2D eigenvalue weighted by Crippen LogP contribution is -2.30. The fraction of sp³-hybridized carbons (Fsp3) is 0.500. The molecule has 4 heteroatoms. The van der Waals surface area contributed by atoms with Gasteiger partial charge in [-0.3, -0.25) is 0 Å². The van der Waals surface area contributed by atoms with E-state index >= 15 is 0 Å². The van der Waals surface area contributed by atoms with Gasteiger partial charge in [0.1, 0.15) is 5.82 Å². The summed E-state index contributed by atoms with van der Waals surface area (Å²) in [4.78, 5) is 0. The maximum Gasteiger partial charge on any atom is 0.127 e. The molecule has 0 unspecified atom stereocenters. The van der Waals surface area contributed by atoms with Gasteiger partial charge in [-0.15, -0.1) is 0 Å². The summed E-state index contributed by atoms with van der Waals surface area (Å²) in [5, 5.41) is 0.760. The Balaban J connectivity index is 2.13. The van der Waals surface area contributed by atoms with Crippen molar-refractivity contribution in [3.8, 4) is 0 Å². The van der Waals surface area contributed by atoms with Crippen molar-refractivity contribution in [3.05, 3.63) is 34.6 Å². The fourth-order valence-electron chi connectivity index (χ4n) is 1.97. The van der Waals surface area contributed by atoms with Gasteiger partial charge in [-0.2, -0.15) is 12.6 Å². The zero-order valence-corrected chi connectivity index (χ0v) is 10.5. The number of thiol groups is 1. The van der Waals surface area contributed by atoms with Crippen LogP contribution in [0.5, 0.6) is 0 Å². The molecule has 1 aromatic carbocycles. The van der Waals surface area contributed by atoms with Crippen molar-refractivity contribution in [1.82, 2.24) is 0 Å². The molecule has 2 atom stereocenters. The molecule has 0 aliphatic carbocycles. The first kappa shape index (κ1) is 12.2. The lowest BCUT2D eigenvalue weighted by atomic mass is 9.93. The zero-order chi connectivity index (χ0) is 11.5. The molecule has 0 aromatic heterocycles. The van der Waals surface area contributed by atoms with Gasteiger partial charge in [-0.05, 0) is 30.9 Å². The first-order chi connectivity index (χ1) is 7.68. The lowest BCUT2D eigenvalue weighted by molar-refractivity contribution is 0.0594. The van der Waals surface area contributed by atoms with E-state index < -0.39 is 0 Å². The van der Waals surface area contributed by atoms with Crippen LogP contribution in [-0.2, 0) is 11.2 Å². The quantitative estimate of drug-likeness (QED) is 0.803. The van der Waals surface area contributed by atoms with E-state index in [9.17, 15) is 4.39 Å². The Morgan fingerprint density at radius 1 is 1.50 bits per heavy atom. The second-order valence-corrected chi connectivity index (χ2v) is 5.17. The SMILES string of the molecule is Fc1cccc(Cl)c1C[C@H]1COCC[C@H]1S. The van der Waals surface area contributed by atoms with Gasteiger partial charge in [0.05, 0.1) is 6.61 Å². The molecule has 1 aliphatic rings. The molecule has 0 amide bonds. The van der Waals surface area contributed by atoms with Crippen LogP contribution < -0.4 is 0 Å². The van der Waals surface area contributed by atoms with Gasteiger partial charge in [0, 0.05) is 22.4 Å². The average Bonchev–Trinajstić information content (AvgIpc) is 2.26. The fourth-order valence-corrected chi connectivity index (χ4v) is 2.51. The first-order valence-electron chi connectivity index (χ1n) is 5.37. The molecule has 0 N–H and O–H groups in total. The minimum Gasteiger partial charge on any atom is -0.381 e. The van der Waals surface area contributed by atoms with Crippen LogP contribution in [0.3, 0.4) is 0 Å². The Morgan fingerprint density at radius 3 is 3.00 bits per heavy atom. The predicted molar refractivity (Wildman–Crippen MR) is 66.8 cm³/mol. The summed E-state index contributed by atoms with van der Waals surface area (Å²) in [7, 11) is 0. The third kappa shape index (κ3) is 2.70. The third-order valence-electron chi connectivity index (χ3n) is 2.96. The summed E-state index contributed by atoms with van der Waals surface area (Å²) in [6, 6.07) is 4.78. The molecule has 0 saturated carbocycles. The van der Waals surface area contributed by atoms with Crippen molar-refractivity contribution in [3.63, 3.8) is 0 Å². The summed E-state index contributed by atoms with van der Waals surface area (Å²) >= 11 is 10.5. The second kappa shape index (κ2) is 5.39. The molecule has 1 aliphatic heterocycles. The molecule has 1 heterocycles. The molecular formula is C12H14ClFOS. The minimum absolute atomic E-state index is 0.237. The van der Waals surface area contributed by atoms with Crippen LogP contribution in [-0.4, -0.2) is 18.5 Å². The largest absolute Gasteiger partial charge is 0.381 e. The van der Waals surface area contributed by atoms with E-state index in [4.69, 9.17) is 16.3 Å². The first-order valence-corrected chi connectivity index (χ1v) is 6.26. The smallest absolute Gasteiger partial charge is 0.127 e. The maximum absolute atomic E-state index is 13.6. The number of ether oxygens (including phenoxy) is 1. The molecule has 0 radical (unpaired) electrons. The van der Waals surface area contributed by atoms with E-state index in [0.717, 1.165) is 13.0 Å². The number of halogens is 2. The Hall–Kier alpha value is -0.250. The molecule has 1 fully saturated rings. The number of hydrogen-bond acceptors (Lipinski definition) is 2. The predicted octanol–water partition coefficient (Wildman–Crippen LogP) is 3.36. The standard InChI is InChI=1S/C12H14ClFOS/c13-10-2-1-3-11(14)9(10)6-8-7-15-5-4-12(8)16/h1-3,8,12,16H,4-7H2/t8-,12+/m0/s1. The minimum atomic E-state index is -0.237. The Bertz CT molecular complexity index is 352. The van der Waals surface area contributed by atoms with E-state index in [2.05, 4.69) is 12.6 Å². The van der Waals surface area contributed by atoms with Crippen molar-refractivity contribution in [1.29, 1.82) is 0 Å². The summed E-state index contributed by atoms with van der Waals surface area (Å²) in [6.07, 6.45) is 1.51. The van der Waals surface area contributed by atoms with Gasteiger partial charge in [0.25, 0.3) is 0 Å². The van der Waals surface area contributed by atoms with Crippen LogP contribution in [0.2, 0.25) is 5.02 Å². The Morgan fingerprint density at radius 2 is 2.31 bits per heavy atom. The number of rotatable bonds is 2. The molecule has 1 aromatic rings. The molecule has 0 spiro atoms. The second-order valence-electron chi connectivity index (χ2n) is 4.10. The Kier molecular flexibility index (Phi) is 4.11. The van der Waals surface area contributed by atoms with Crippen molar-refractivity contribution in [2.45, 2.75) is 18.1 Å². The Labute approximate surface area is 105 Å². The van der Waals surface area contributed by atoms with Crippen molar-refractivity contribution in [2.24, 2.45) is 5.92 Å². The van der Waals surface area contributed by atoms with Gasteiger partial charge >= 0.3 is 0 Å². The van der Waals surface area contributed by atoms with Crippen LogP contribution >= 0.6 is 24.2 Å². The topological polar surface area (TPSA) is 9.23 Å². The van der Waals surface area contributed by atoms with Crippen LogP contribution in [0.1, 0.15) is 12.0 Å². The van der Waals surface area contributed by atoms with Gasteiger partial charge in [-0.1, -0.05) is 17.7 Å². The van der Waals surface area contributed by atoms with E-state index in [1.165, 1.54) is 6.07 Å². The summed E-state index contributed by atoms with van der Waals surface area (Å²) in [6.45, 7) is 1.38. The van der Waals surface area contributed by atoms with Gasteiger partial charge in [0.2, 0.25) is 0 Å². The molecule has 1 saturated heterocycles. The van der Waals surface area contributed by atoms with Gasteiger partial charge in [0.15, 0.2) is 0 Å². The zero-order valence-electron chi connectivity index (χ0n) is 8.83. The highest BCUT2D eigenvalue weighted by atomic mass is 35.5. The molecule has 16 heavy (non-hydrogen) atoms. The maximum atomic E-state index is 13.6. The average molecular weight is 261 g/mol. The van der Waals surface area contributed by atoms with Crippen molar-refractivity contribution < 1.29 is 9.13 Å². The normalized spacial score (nSPS) is 25.7. The summed E-state index contributed by atoms with van der Waals surface area (Å²) < 4.78 is 19.0. The third-order valence-corrected chi connectivity index (χ3v) is 4.00. The number of hydrogen-bond donors (Lipinski definition) is 1. The molecular weight excluding hydrogens is 247 g/mol. The van der Waals surface area contributed by atoms with Crippen molar-refractivity contribution in [2.75, 3.05) is 13.2 Å². The van der Waals surface area contributed by atoms with E-state index in [0.29, 0.717) is 23.6 Å². The van der Waals surface area contributed by atoms with E-state index in [1.807, 2.05) is 0 Å². The van der Waals surface area contributed by atoms with Gasteiger partial charge < -0.3 is 4.74 Å². The highest BCUT2D eigenvalue weighted by Gasteiger charge is 2.24. The lowest BCUT2D eigenvalue weighted by Gasteiger charge is -2.28. The molecule has 0 bridgehead atoms. The van der Waals surface area contributed by atoms with E-state index in [1.54, 1.807) is 12.1 Å². The number of benzene rings is 1. The highest BCUT2D eigenvalue weighted by Crippen LogP contribution is 2.28. The van der Waals surface area contributed by atoms with Crippen LogP contribution in [0.25, 0.3) is 0 Å². The van der Waals surface area contributed by atoms with E-state index in [-0.39, 0.29) is 17.0 Å². The summed E-state index contributed by atoms with van der Waals surface area (Å²) in [5.74, 6) is 0.00471. The van der Waals surface area contributed by atoms with Crippen LogP contribution in [0.4, 0.5) is 4.39 Å². The molecule has 1 nitrogen and oxygen atoms in total. The van der Waals surface area contributed by atoms with Crippen LogP contribution in [0, 0.1) is 11.7 Å².